The molecule has 1 aliphatic carbocycles. The summed E-state index contributed by atoms with van der Waals surface area (Å²) in [5.74, 6) is -0.559. The van der Waals surface area contributed by atoms with Crippen molar-refractivity contribution >= 4 is 22.7 Å². The summed E-state index contributed by atoms with van der Waals surface area (Å²) in [5, 5.41) is 15.6. The standard InChI is InChI=1S/C21H18F3N3OS/c22-21(23,24)20(28,14-29-18-8-10-25-11-9-18)16-6-7-19-15(12-16)13-26-27(19)17-4-2-1-3-5-17/h1-4,6-13,17,28H,5,14H2. The van der Waals surface area contributed by atoms with Gasteiger partial charge in [-0.15, -0.1) is 11.8 Å². The van der Waals surface area contributed by atoms with Crippen LogP contribution in [-0.4, -0.2) is 31.8 Å². The van der Waals surface area contributed by atoms with Crippen LogP contribution in [0.2, 0.25) is 0 Å². The second-order valence-electron chi connectivity index (χ2n) is 6.81. The molecule has 0 radical (unpaired) electrons. The Labute approximate surface area is 169 Å². The number of aromatic nitrogens is 3. The van der Waals surface area contributed by atoms with E-state index in [0.717, 1.165) is 23.7 Å². The molecule has 8 heteroatoms. The van der Waals surface area contributed by atoms with Gasteiger partial charge in [-0.05, 0) is 36.2 Å². The number of rotatable bonds is 5. The van der Waals surface area contributed by atoms with E-state index in [4.69, 9.17) is 0 Å². The maximum absolute atomic E-state index is 13.9. The lowest BCUT2D eigenvalue weighted by Crippen LogP contribution is -2.44. The van der Waals surface area contributed by atoms with Gasteiger partial charge in [-0.1, -0.05) is 30.4 Å². The van der Waals surface area contributed by atoms with E-state index >= 15 is 0 Å². The number of allylic oxidation sites excluding steroid dienone is 4. The molecule has 29 heavy (non-hydrogen) atoms. The van der Waals surface area contributed by atoms with E-state index in [1.54, 1.807) is 22.9 Å². The van der Waals surface area contributed by atoms with Gasteiger partial charge in [0.25, 0.3) is 0 Å². The Morgan fingerprint density at radius 1 is 1.14 bits per heavy atom. The molecule has 1 N–H and O–H groups in total. The predicted octanol–water partition coefficient (Wildman–Crippen LogP) is 5.03. The first kappa shape index (κ1) is 19.7. The van der Waals surface area contributed by atoms with Gasteiger partial charge in [0.2, 0.25) is 0 Å². The molecule has 1 aromatic carbocycles. The van der Waals surface area contributed by atoms with Crippen molar-refractivity contribution in [1.29, 1.82) is 0 Å². The van der Waals surface area contributed by atoms with Gasteiger partial charge < -0.3 is 5.11 Å². The Bertz CT molecular complexity index is 1060. The first-order valence-electron chi connectivity index (χ1n) is 9.01. The summed E-state index contributed by atoms with van der Waals surface area (Å²) in [5.41, 5.74) is -2.45. The fourth-order valence-electron chi connectivity index (χ4n) is 3.27. The Hall–Kier alpha value is -2.58. The highest BCUT2D eigenvalue weighted by Gasteiger charge is 2.55. The van der Waals surface area contributed by atoms with E-state index in [1.807, 2.05) is 24.3 Å². The second kappa shape index (κ2) is 7.68. The summed E-state index contributed by atoms with van der Waals surface area (Å²) < 4.78 is 43.4. The second-order valence-corrected chi connectivity index (χ2v) is 7.86. The van der Waals surface area contributed by atoms with Crippen LogP contribution < -0.4 is 0 Å². The lowest BCUT2D eigenvalue weighted by atomic mass is 9.94. The number of alkyl halides is 3. The Morgan fingerprint density at radius 3 is 2.62 bits per heavy atom. The summed E-state index contributed by atoms with van der Waals surface area (Å²) >= 11 is 0.935. The number of fused-ring (bicyclic) bond motifs is 1. The van der Waals surface area contributed by atoms with Gasteiger partial charge >= 0.3 is 6.18 Å². The Balaban J connectivity index is 1.67. The average Bonchev–Trinajstić information content (AvgIpc) is 3.16. The zero-order valence-corrected chi connectivity index (χ0v) is 16.1. The molecule has 0 fully saturated rings. The van der Waals surface area contributed by atoms with E-state index < -0.39 is 17.5 Å². The smallest absolute Gasteiger partial charge is 0.376 e. The van der Waals surface area contributed by atoms with Gasteiger partial charge in [0.15, 0.2) is 5.60 Å². The molecule has 0 spiro atoms. The normalized spacial score (nSPS) is 18.8. The minimum absolute atomic E-state index is 0.0205. The zero-order chi connectivity index (χ0) is 20.5. The van der Waals surface area contributed by atoms with Gasteiger partial charge in [-0.3, -0.25) is 9.67 Å². The monoisotopic (exact) mass is 417 g/mol. The molecule has 2 unspecified atom stereocenters. The highest BCUT2D eigenvalue weighted by molar-refractivity contribution is 7.99. The molecule has 2 aromatic heterocycles. The van der Waals surface area contributed by atoms with E-state index in [1.165, 1.54) is 30.7 Å². The van der Waals surface area contributed by atoms with Crippen LogP contribution in [-0.2, 0) is 5.60 Å². The Kier molecular flexibility index (Phi) is 5.23. The zero-order valence-electron chi connectivity index (χ0n) is 15.3. The van der Waals surface area contributed by atoms with Gasteiger partial charge in [-0.2, -0.15) is 18.3 Å². The van der Waals surface area contributed by atoms with Gasteiger partial charge in [-0.25, -0.2) is 0 Å². The van der Waals surface area contributed by atoms with Crippen LogP contribution in [0.15, 0.2) is 78.1 Å². The molecule has 2 atom stereocenters. The maximum atomic E-state index is 13.9. The van der Waals surface area contributed by atoms with Crippen LogP contribution in [0.3, 0.4) is 0 Å². The number of benzene rings is 1. The van der Waals surface area contributed by atoms with Crippen molar-refractivity contribution < 1.29 is 18.3 Å². The molecule has 0 bridgehead atoms. The summed E-state index contributed by atoms with van der Waals surface area (Å²) in [6, 6.07) is 7.55. The number of thioether (sulfide) groups is 1. The molecule has 0 saturated heterocycles. The SMILES string of the molecule is OC(CSc1ccncc1)(c1ccc2c(cnn2C2C=CC=CC2)c1)C(F)(F)F. The van der Waals surface area contributed by atoms with Crippen molar-refractivity contribution in [3.05, 3.63) is 78.8 Å². The third kappa shape index (κ3) is 3.82. The lowest BCUT2D eigenvalue weighted by Gasteiger charge is -2.31. The van der Waals surface area contributed by atoms with Gasteiger partial charge in [0.1, 0.15) is 0 Å². The van der Waals surface area contributed by atoms with E-state index in [-0.39, 0.29) is 11.6 Å². The molecule has 4 rings (SSSR count). The highest BCUT2D eigenvalue weighted by atomic mass is 32.2. The van der Waals surface area contributed by atoms with Gasteiger partial charge in [0.05, 0.1) is 17.8 Å². The predicted molar refractivity (Wildman–Crippen MR) is 107 cm³/mol. The molecule has 1 aliphatic rings. The van der Waals surface area contributed by atoms with Crippen LogP contribution in [0, 0.1) is 0 Å². The fourth-order valence-corrected chi connectivity index (χ4v) is 4.29. The van der Waals surface area contributed by atoms with Crippen LogP contribution in [0.5, 0.6) is 0 Å². The van der Waals surface area contributed by atoms with Crippen LogP contribution in [0.1, 0.15) is 18.0 Å². The first-order valence-corrected chi connectivity index (χ1v) is 10.00. The van der Waals surface area contributed by atoms with Crippen LogP contribution in [0.4, 0.5) is 13.2 Å². The van der Waals surface area contributed by atoms with Crippen molar-refractivity contribution in [2.24, 2.45) is 0 Å². The van der Waals surface area contributed by atoms with Crippen LogP contribution >= 0.6 is 11.8 Å². The molecular weight excluding hydrogens is 399 g/mol. The van der Waals surface area contributed by atoms with Crippen molar-refractivity contribution in [3.8, 4) is 0 Å². The minimum atomic E-state index is -4.83. The van der Waals surface area contributed by atoms with Crippen molar-refractivity contribution in [3.63, 3.8) is 0 Å². The molecule has 0 amide bonds. The summed E-state index contributed by atoms with van der Waals surface area (Å²) in [6.45, 7) is 0. The number of halogens is 3. The number of aliphatic hydroxyl groups is 1. The number of hydrogen-bond acceptors (Lipinski definition) is 4. The van der Waals surface area contributed by atoms with Crippen LogP contribution in [0.25, 0.3) is 10.9 Å². The van der Waals surface area contributed by atoms with Crippen molar-refractivity contribution in [2.45, 2.75) is 29.1 Å². The summed E-state index contributed by atoms with van der Waals surface area (Å²) in [7, 11) is 0. The molecule has 0 saturated carbocycles. The number of pyridine rings is 1. The quantitative estimate of drug-likeness (QED) is 0.592. The third-order valence-corrected chi connectivity index (χ3v) is 6.08. The van der Waals surface area contributed by atoms with Crippen molar-refractivity contribution in [1.82, 2.24) is 14.8 Å². The Morgan fingerprint density at radius 2 is 1.93 bits per heavy atom. The minimum Gasteiger partial charge on any atom is -0.376 e. The van der Waals surface area contributed by atoms with E-state index in [9.17, 15) is 18.3 Å². The van der Waals surface area contributed by atoms with E-state index in [2.05, 4.69) is 10.1 Å². The molecule has 0 aliphatic heterocycles. The molecule has 3 aromatic rings. The van der Waals surface area contributed by atoms with E-state index in [0.29, 0.717) is 10.3 Å². The van der Waals surface area contributed by atoms with Gasteiger partial charge in [0, 0.05) is 28.4 Å². The lowest BCUT2D eigenvalue weighted by molar-refractivity contribution is -0.256. The largest absolute Gasteiger partial charge is 0.422 e. The van der Waals surface area contributed by atoms with Crippen molar-refractivity contribution in [2.75, 3.05) is 5.75 Å². The fraction of sp³-hybridized carbons (Fsp3) is 0.238. The molecule has 150 valence electrons. The molecule has 2 heterocycles. The highest BCUT2D eigenvalue weighted by Crippen LogP contribution is 2.43. The third-order valence-electron chi connectivity index (χ3n) is 4.91. The number of hydrogen-bond donors (Lipinski definition) is 1. The average molecular weight is 417 g/mol. The molecule has 4 nitrogen and oxygen atoms in total. The number of nitrogens with zero attached hydrogens (tertiary/aromatic N) is 3. The first-order chi connectivity index (χ1) is 13.9. The molecular formula is C21H18F3N3OS. The topological polar surface area (TPSA) is 50.9 Å². The summed E-state index contributed by atoms with van der Waals surface area (Å²) in [6.07, 6.45) is 8.38. The summed E-state index contributed by atoms with van der Waals surface area (Å²) in [4.78, 5) is 4.46. The maximum Gasteiger partial charge on any atom is 0.422 e.